The number of hydrogen-bond acceptors (Lipinski definition) is 5. The molecule has 5 heteroatoms. The van der Waals surface area contributed by atoms with Crippen LogP contribution in [0.3, 0.4) is 0 Å². The van der Waals surface area contributed by atoms with Gasteiger partial charge < -0.3 is 14.4 Å². The monoisotopic (exact) mass is 351 g/mol. The summed E-state index contributed by atoms with van der Waals surface area (Å²) in [6.45, 7) is 7.85. The van der Waals surface area contributed by atoms with E-state index < -0.39 is 0 Å². The van der Waals surface area contributed by atoms with E-state index in [2.05, 4.69) is 18.7 Å². The summed E-state index contributed by atoms with van der Waals surface area (Å²) < 4.78 is 12.4. The Bertz CT molecular complexity index is 551. The summed E-state index contributed by atoms with van der Waals surface area (Å²) in [5.74, 6) is 3.36. The number of ether oxygens (including phenoxy) is 2. The first-order valence-electron chi connectivity index (χ1n) is 9.74. The third kappa shape index (κ3) is 2.04. The lowest BCUT2D eigenvalue weighted by Gasteiger charge is -2.49. The average molecular weight is 352 g/mol. The number of carbonyl (C=O) groups excluding carboxylic acids is 1. The quantitative estimate of drug-likeness (QED) is 0.565. The molecule has 0 aromatic carbocycles. The molecule has 0 aromatic rings. The van der Waals surface area contributed by atoms with Crippen LogP contribution in [0.25, 0.3) is 0 Å². The van der Waals surface area contributed by atoms with Crippen LogP contribution in [-0.4, -0.2) is 59.8 Å². The zero-order valence-corrected chi connectivity index (χ0v) is 15.6. The molecule has 7 atom stereocenters. The van der Waals surface area contributed by atoms with Gasteiger partial charge in [-0.1, -0.05) is 20.3 Å². The van der Waals surface area contributed by atoms with Gasteiger partial charge in [0.1, 0.15) is 11.7 Å². The molecule has 0 amide bonds. The predicted octanol–water partition coefficient (Wildman–Crippen LogP) is 2.56. The van der Waals surface area contributed by atoms with E-state index in [0.29, 0.717) is 11.8 Å². The molecule has 0 N–H and O–H groups in total. The molecule has 0 unspecified atom stereocenters. The molecule has 5 rings (SSSR count). The normalized spacial score (nSPS) is 53.8. The van der Waals surface area contributed by atoms with Crippen molar-refractivity contribution >= 4 is 17.7 Å². The number of thioether (sulfide) groups is 1. The van der Waals surface area contributed by atoms with Crippen molar-refractivity contribution in [3.63, 3.8) is 0 Å². The highest BCUT2D eigenvalue weighted by atomic mass is 32.2. The number of hydrogen-bond donors (Lipinski definition) is 0. The van der Waals surface area contributed by atoms with E-state index in [0.717, 1.165) is 26.1 Å². The summed E-state index contributed by atoms with van der Waals surface area (Å²) in [6, 6.07) is 0. The maximum absolute atomic E-state index is 12.7. The van der Waals surface area contributed by atoms with Gasteiger partial charge in [0.05, 0.1) is 12.0 Å². The van der Waals surface area contributed by atoms with E-state index in [-0.39, 0.29) is 35.1 Å². The Kier molecular flexibility index (Phi) is 3.57. The molecular formula is C19H29NO3S. The standard InChI is InChI=1S/C19H29NO3S/c1-12-4-3-5-18(2)10-14-15(16-19(12,18)23-16)13(17(21)22-14)11-20-6-8-24-9-7-20/h12-16H,3-11H2,1-2H3/t12-,13+,14+,15+,16-,18+,19-/m0/s1. The fraction of sp³-hybridized carbons (Fsp3) is 0.947. The van der Waals surface area contributed by atoms with Crippen LogP contribution in [0.4, 0.5) is 0 Å². The molecule has 4 nitrogen and oxygen atoms in total. The minimum absolute atomic E-state index is 0.0288. The van der Waals surface area contributed by atoms with Gasteiger partial charge in [-0.2, -0.15) is 11.8 Å². The van der Waals surface area contributed by atoms with Crippen LogP contribution in [-0.2, 0) is 14.3 Å². The maximum atomic E-state index is 12.7. The highest BCUT2D eigenvalue weighted by Gasteiger charge is 2.78. The van der Waals surface area contributed by atoms with Crippen LogP contribution >= 0.6 is 11.8 Å². The van der Waals surface area contributed by atoms with Crippen molar-refractivity contribution in [2.24, 2.45) is 23.2 Å². The zero-order valence-electron chi connectivity index (χ0n) is 14.8. The molecule has 0 bridgehead atoms. The van der Waals surface area contributed by atoms with Gasteiger partial charge in [-0.3, -0.25) is 4.79 Å². The second-order valence-electron chi connectivity index (χ2n) is 8.96. The van der Waals surface area contributed by atoms with Gasteiger partial charge in [0, 0.05) is 42.5 Å². The van der Waals surface area contributed by atoms with Crippen LogP contribution in [0.15, 0.2) is 0 Å². The van der Waals surface area contributed by atoms with Crippen molar-refractivity contribution in [3.05, 3.63) is 0 Å². The van der Waals surface area contributed by atoms with Gasteiger partial charge in [-0.25, -0.2) is 0 Å². The van der Waals surface area contributed by atoms with Crippen LogP contribution in [0.2, 0.25) is 0 Å². The van der Waals surface area contributed by atoms with E-state index in [1.54, 1.807) is 0 Å². The second kappa shape index (κ2) is 5.37. The summed E-state index contributed by atoms with van der Waals surface area (Å²) in [4.78, 5) is 15.1. The van der Waals surface area contributed by atoms with Gasteiger partial charge in [0.15, 0.2) is 0 Å². The Hall–Kier alpha value is -0.260. The van der Waals surface area contributed by atoms with Crippen molar-refractivity contribution in [2.75, 3.05) is 31.1 Å². The smallest absolute Gasteiger partial charge is 0.311 e. The topological polar surface area (TPSA) is 42.1 Å². The lowest BCUT2D eigenvalue weighted by molar-refractivity contribution is -0.146. The molecule has 134 valence electrons. The Morgan fingerprint density at radius 2 is 2.12 bits per heavy atom. The first-order valence-corrected chi connectivity index (χ1v) is 10.9. The molecule has 1 spiro atoms. The van der Waals surface area contributed by atoms with Crippen molar-refractivity contribution in [2.45, 2.75) is 57.3 Å². The molecule has 3 heterocycles. The van der Waals surface area contributed by atoms with Crippen LogP contribution in [0, 0.1) is 23.2 Å². The highest BCUT2D eigenvalue weighted by Crippen LogP contribution is 2.70. The van der Waals surface area contributed by atoms with Gasteiger partial charge in [-0.15, -0.1) is 0 Å². The average Bonchev–Trinajstić information content (AvgIpc) is 3.24. The molecule has 2 saturated carbocycles. The number of esters is 1. The Morgan fingerprint density at radius 3 is 2.92 bits per heavy atom. The van der Waals surface area contributed by atoms with Crippen molar-refractivity contribution in [1.82, 2.24) is 4.90 Å². The minimum Gasteiger partial charge on any atom is -0.462 e. The maximum Gasteiger partial charge on any atom is 0.311 e. The van der Waals surface area contributed by atoms with Crippen molar-refractivity contribution in [3.8, 4) is 0 Å². The minimum atomic E-state index is 0.0288. The summed E-state index contributed by atoms with van der Waals surface area (Å²) in [5, 5.41) is 0. The molecule has 24 heavy (non-hydrogen) atoms. The fourth-order valence-corrected chi connectivity index (χ4v) is 7.48. The van der Waals surface area contributed by atoms with E-state index in [1.165, 1.54) is 30.8 Å². The largest absolute Gasteiger partial charge is 0.462 e. The summed E-state index contributed by atoms with van der Waals surface area (Å²) in [5.41, 5.74) is 0.240. The second-order valence-corrected chi connectivity index (χ2v) is 10.2. The summed E-state index contributed by atoms with van der Waals surface area (Å²) >= 11 is 2.02. The van der Waals surface area contributed by atoms with Gasteiger partial charge in [-0.05, 0) is 25.2 Å². The lowest BCUT2D eigenvalue weighted by atomic mass is 9.53. The lowest BCUT2D eigenvalue weighted by Crippen LogP contribution is -2.54. The highest BCUT2D eigenvalue weighted by molar-refractivity contribution is 7.99. The number of carbonyl (C=O) groups is 1. The molecule has 5 aliphatic rings. The number of epoxide rings is 1. The number of nitrogens with zero attached hydrogens (tertiary/aromatic N) is 1. The van der Waals surface area contributed by atoms with Crippen LogP contribution in [0.5, 0.6) is 0 Å². The first-order chi connectivity index (χ1) is 11.6. The molecular weight excluding hydrogens is 322 g/mol. The third-order valence-electron chi connectivity index (χ3n) is 7.75. The van der Waals surface area contributed by atoms with E-state index in [4.69, 9.17) is 9.47 Å². The summed E-state index contributed by atoms with van der Waals surface area (Å²) in [6.07, 6.45) is 5.14. The van der Waals surface area contributed by atoms with E-state index in [1.807, 2.05) is 11.8 Å². The Morgan fingerprint density at radius 1 is 1.33 bits per heavy atom. The number of rotatable bonds is 2. The van der Waals surface area contributed by atoms with Crippen LogP contribution in [0.1, 0.15) is 39.5 Å². The molecule has 5 fully saturated rings. The Balaban J connectivity index is 1.40. The van der Waals surface area contributed by atoms with Gasteiger partial charge >= 0.3 is 5.97 Å². The fourth-order valence-electron chi connectivity index (χ4n) is 6.50. The zero-order chi connectivity index (χ0) is 16.5. The molecule has 2 aliphatic carbocycles. The van der Waals surface area contributed by atoms with E-state index >= 15 is 0 Å². The van der Waals surface area contributed by atoms with E-state index in [9.17, 15) is 4.79 Å². The number of fused-ring (bicyclic) bond motifs is 2. The van der Waals surface area contributed by atoms with Crippen LogP contribution < -0.4 is 0 Å². The summed E-state index contributed by atoms with van der Waals surface area (Å²) in [7, 11) is 0. The molecule has 3 aliphatic heterocycles. The predicted molar refractivity (Wildman–Crippen MR) is 94.0 cm³/mol. The molecule has 0 aromatic heterocycles. The third-order valence-corrected chi connectivity index (χ3v) is 8.70. The SMILES string of the molecule is C[C@H]1CCC[C@]2(C)C[C@H]3OC(=O)[C@H](CN4CCSCC4)[C@H]3[C@@H]3O[C@@]132. The van der Waals surface area contributed by atoms with Crippen molar-refractivity contribution in [1.29, 1.82) is 0 Å². The molecule has 3 saturated heterocycles. The Labute approximate surface area is 149 Å². The molecule has 0 radical (unpaired) electrons. The first kappa shape index (κ1) is 16.0. The van der Waals surface area contributed by atoms with Crippen molar-refractivity contribution < 1.29 is 14.3 Å². The van der Waals surface area contributed by atoms with Gasteiger partial charge in [0.25, 0.3) is 0 Å². The van der Waals surface area contributed by atoms with Gasteiger partial charge in [0.2, 0.25) is 0 Å².